The van der Waals surface area contributed by atoms with Gasteiger partial charge in [0, 0.05) is 97.7 Å². The van der Waals surface area contributed by atoms with Crippen LogP contribution in [0.25, 0.3) is 21.8 Å². The number of fused-ring (bicyclic) bond motifs is 2. The summed E-state index contributed by atoms with van der Waals surface area (Å²) in [7, 11) is 0. The molecule has 1 aliphatic heterocycles. The molecular weight excluding hydrogens is 1470 g/mol. The van der Waals surface area contributed by atoms with Gasteiger partial charge in [-0.25, -0.2) is 0 Å². The first-order valence-corrected chi connectivity index (χ1v) is 36.9. The first-order chi connectivity index (χ1) is 52.2. The van der Waals surface area contributed by atoms with Crippen molar-refractivity contribution in [2.24, 2.45) is 23.1 Å². The summed E-state index contributed by atoms with van der Waals surface area (Å²) in [5, 5.41) is 59.9. The average molecular weight is 1570 g/mol. The van der Waals surface area contributed by atoms with Gasteiger partial charge in [-0.3, -0.25) is 76.7 Å². The summed E-state index contributed by atoms with van der Waals surface area (Å²) in [6.45, 7) is 5.46. The van der Waals surface area contributed by atoms with Crippen LogP contribution < -0.4 is 75.7 Å². The van der Waals surface area contributed by atoms with Gasteiger partial charge in [0.15, 0.2) is 0 Å². The Morgan fingerprint density at radius 3 is 1.35 bits per heavy atom. The number of carbonyl (C=O) groups is 16. The van der Waals surface area contributed by atoms with Crippen LogP contribution in [0.2, 0.25) is 0 Å². The maximum Gasteiger partial charge on any atom is 0.303 e. The normalized spacial score (nSPS) is 15.6. The number of carbonyl (C=O) groups excluding carboxylic acids is 15. The van der Waals surface area contributed by atoms with Gasteiger partial charge in [0.05, 0.1) is 12.6 Å². The lowest BCUT2D eigenvalue weighted by Gasteiger charge is -2.30. The number of nitrogens with two attached hydrogens (primary N) is 3. The quantitative estimate of drug-likeness (QED) is 0.0172. The molecule has 36 nitrogen and oxygen atoms in total. The van der Waals surface area contributed by atoms with E-state index in [0.29, 0.717) is 51.3 Å². The zero-order valence-electron chi connectivity index (χ0n) is 61.1. The lowest BCUT2D eigenvalue weighted by Crippen LogP contribution is -2.62. The predicted molar refractivity (Wildman–Crippen MR) is 405 cm³/mol. The van der Waals surface area contributed by atoms with Crippen molar-refractivity contribution in [3.05, 3.63) is 102 Å². The third kappa shape index (κ3) is 26.8. The van der Waals surface area contributed by atoms with E-state index in [9.17, 15) is 82.4 Å². The minimum absolute atomic E-state index is 0.0355. The predicted octanol–water partition coefficient (Wildman–Crippen LogP) is -3.08. The number of phenols is 1. The number of carboxylic acids is 1. The SMILES string of the molecule is CC(=O)N[C@@H](CS)C(=O)N[C@@H](CCC(N)=O)C(=O)N[C@H](C(=O)N[C@@H](Cc1c[nH]c2ccccc12)C(=O)N[C@@H](CCC(N)=O)C(=O)N[C@@H](CS)C(=O)N[C@@H](Cc1ccc(O)cc1)C(=O)N[C@@H](Cc1c[nH]c2ccccc12)C(=O)N[C@@H](CCC(C)C)C(=O)N[C@@H](CCC(=O)O)C(=O)N1CCC[C@H]1C(=O)NCC(N)=O)[C@@H](C)O. The van der Waals surface area contributed by atoms with Crippen molar-refractivity contribution < 1.29 is 92.0 Å². The number of hydrogen-bond acceptors (Lipinski definition) is 20. The number of thiol groups is 2. The van der Waals surface area contributed by atoms with Crippen molar-refractivity contribution in [3.8, 4) is 5.75 Å². The summed E-state index contributed by atoms with van der Waals surface area (Å²) in [4.78, 5) is 225. The second kappa shape index (κ2) is 42.5. The Morgan fingerprint density at radius 1 is 0.491 bits per heavy atom. The summed E-state index contributed by atoms with van der Waals surface area (Å²) in [6.07, 6.45) is -1.84. The van der Waals surface area contributed by atoms with Crippen molar-refractivity contribution in [1.82, 2.24) is 73.4 Å². The Balaban J connectivity index is 1.29. The number of primary amides is 3. The number of rotatable bonds is 44. The highest BCUT2D eigenvalue weighted by atomic mass is 32.1. The van der Waals surface area contributed by atoms with Crippen LogP contribution in [0.3, 0.4) is 0 Å². The number of aliphatic carboxylic acids is 1. The highest BCUT2D eigenvalue weighted by Crippen LogP contribution is 2.24. The van der Waals surface area contributed by atoms with Gasteiger partial charge in [0.1, 0.15) is 72.2 Å². The molecule has 1 fully saturated rings. The number of likely N-dealkylation sites (tertiary alicyclic amines) is 1. The minimum Gasteiger partial charge on any atom is -0.508 e. The fraction of sp³-hybridized carbons (Fsp3) is 0.472. The number of aromatic amines is 2. The van der Waals surface area contributed by atoms with Gasteiger partial charge >= 0.3 is 5.97 Å². The summed E-state index contributed by atoms with van der Waals surface area (Å²) >= 11 is 8.46. The van der Waals surface area contributed by atoms with Crippen molar-refractivity contribution in [3.63, 3.8) is 0 Å². The number of phenolic OH excluding ortho intramolecular Hbond substituents is 1. The van der Waals surface area contributed by atoms with Crippen LogP contribution in [0.1, 0.15) is 109 Å². The van der Waals surface area contributed by atoms with E-state index in [4.69, 9.17) is 17.2 Å². The van der Waals surface area contributed by atoms with E-state index in [1.165, 1.54) is 35.4 Å². The van der Waals surface area contributed by atoms with Crippen molar-refractivity contribution in [2.75, 3.05) is 24.6 Å². The van der Waals surface area contributed by atoms with Gasteiger partial charge < -0.3 is 106 Å². The number of benzene rings is 3. The third-order valence-electron chi connectivity index (χ3n) is 18.1. The van der Waals surface area contributed by atoms with Gasteiger partial charge in [-0.1, -0.05) is 62.4 Å². The fourth-order valence-corrected chi connectivity index (χ4v) is 12.7. The summed E-state index contributed by atoms with van der Waals surface area (Å²) in [5.41, 5.74) is 18.7. The third-order valence-corrected chi connectivity index (χ3v) is 18.8. The van der Waals surface area contributed by atoms with Crippen molar-refractivity contribution >= 4 is 142 Å². The number of aliphatic hydroxyl groups is 1. The van der Waals surface area contributed by atoms with Crippen LogP contribution in [-0.2, 0) is 96.0 Å². The molecule has 1 aliphatic rings. The number of para-hydroxylation sites is 2. The van der Waals surface area contributed by atoms with Gasteiger partial charge in [0.25, 0.3) is 0 Å². The molecule has 12 atom stereocenters. The zero-order valence-corrected chi connectivity index (χ0v) is 62.8. The molecule has 22 N–H and O–H groups in total. The summed E-state index contributed by atoms with van der Waals surface area (Å²) in [6, 6.07) is 2.05. The average Bonchev–Trinajstić information content (AvgIpc) is 1.48. The molecular formula is C72H97N17O19S2. The molecule has 15 amide bonds. The Morgan fingerprint density at radius 2 is 0.900 bits per heavy atom. The van der Waals surface area contributed by atoms with Crippen LogP contribution in [0.4, 0.5) is 0 Å². The van der Waals surface area contributed by atoms with Crippen molar-refractivity contribution in [2.45, 2.75) is 184 Å². The number of aliphatic hydroxyl groups excluding tert-OH is 1. The number of aromatic nitrogens is 2. The molecule has 3 heterocycles. The standard InChI is InChI=1S/C72H97N17O19S2/c1-36(2)15-20-47(62(98)83-50(23-26-60(96)97)72(108)89-27-9-14-56(89)70(106)78-33-59(75)95)80-66(102)52(29-40-31-76-45-12-7-5-10-43(40)45)85-65(101)51(28-39-16-18-42(92)19-17-39)84-69(105)55(35-110)87-63(99)48(21-24-57(73)93)81-67(103)53(30-41-32-77-46-13-8-6-11-44(41)46)86-71(107)61(37(3)90)88-64(100)49(22-25-58(74)94)82-68(104)54(34-109)79-38(4)91/h5-8,10-13,16-19,31-32,36-37,47-56,61,76-77,90,92,109-110H,9,14-15,20-30,33-35H2,1-4H3,(H2,73,93)(H2,74,94)(H2,75,95)(H,78,106)(H,79,91)(H,80,102)(H,81,103)(H,82,104)(H,83,98)(H,84,105)(H,85,101)(H,86,107)(H,87,99)(H,88,100)(H,96,97)/t37-,47+,48+,49+,50+,51+,52+,53+,54+,55+,56+,61+/m1/s1. The number of nitrogens with zero attached hydrogens (tertiary/aromatic N) is 1. The van der Waals surface area contributed by atoms with Gasteiger partial charge in [0.2, 0.25) is 88.6 Å². The van der Waals surface area contributed by atoms with Crippen LogP contribution in [0.15, 0.2) is 85.2 Å². The Hall–Kier alpha value is -11.3. The maximum atomic E-state index is 15.2. The molecule has 2 aromatic heterocycles. The highest BCUT2D eigenvalue weighted by molar-refractivity contribution is 7.80. The number of aromatic hydroxyl groups is 1. The summed E-state index contributed by atoms with van der Waals surface area (Å²) < 4.78 is 0. The van der Waals surface area contributed by atoms with Gasteiger partial charge in [-0.2, -0.15) is 25.3 Å². The van der Waals surface area contributed by atoms with E-state index < -0.39 is 218 Å². The Kier molecular flexibility index (Phi) is 33.8. The van der Waals surface area contributed by atoms with Gasteiger partial charge in [-0.15, -0.1) is 0 Å². The lowest BCUT2D eigenvalue weighted by atomic mass is 9.99. The van der Waals surface area contributed by atoms with Crippen LogP contribution in [-0.4, -0.2) is 222 Å². The van der Waals surface area contributed by atoms with E-state index in [-0.39, 0.29) is 56.1 Å². The molecule has 38 heteroatoms. The lowest BCUT2D eigenvalue weighted by molar-refractivity contribution is -0.143. The van der Waals surface area contributed by atoms with E-state index in [0.717, 1.165) is 13.8 Å². The fourth-order valence-electron chi connectivity index (χ4n) is 12.2. The molecule has 0 bridgehead atoms. The second-order valence-corrected chi connectivity index (χ2v) is 27.8. The number of hydrogen-bond donors (Lipinski definition) is 21. The molecule has 596 valence electrons. The number of H-pyrrole nitrogens is 2. The number of amides is 15. The smallest absolute Gasteiger partial charge is 0.303 e. The Bertz CT molecular complexity index is 4150. The zero-order chi connectivity index (χ0) is 81.1. The van der Waals surface area contributed by atoms with E-state index in [2.05, 4.69) is 93.7 Å². The molecule has 0 radical (unpaired) electrons. The summed E-state index contributed by atoms with van der Waals surface area (Å²) in [5.74, 6) is -16.5. The minimum atomic E-state index is -1.91. The molecule has 5 aromatic rings. The van der Waals surface area contributed by atoms with Crippen LogP contribution in [0, 0.1) is 5.92 Å². The number of carboxylic acid groups (broad SMARTS) is 1. The monoisotopic (exact) mass is 1570 g/mol. The van der Waals surface area contributed by atoms with E-state index in [1.807, 2.05) is 13.8 Å². The first kappa shape index (κ1) is 87.6. The van der Waals surface area contributed by atoms with Gasteiger partial charge in [-0.05, 0) is 98.7 Å². The molecule has 6 rings (SSSR count). The molecule has 0 unspecified atom stereocenters. The second-order valence-electron chi connectivity index (χ2n) is 27.1. The first-order valence-electron chi connectivity index (χ1n) is 35.6. The molecule has 0 aliphatic carbocycles. The molecule has 1 saturated heterocycles. The van der Waals surface area contributed by atoms with Crippen LogP contribution in [0.5, 0.6) is 5.75 Å². The van der Waals surface area contributed by atoms with Crippen LogP contribution >= 0.6 is 25.3 Å². The molecule has 3 aromatic carbocycles. The van der Waals surface area contributed by atoms with E-state index >= 15 is 9.59 Å². The van der Waals surface area contributed by atoms with E-state index in [1.54, 1.807) is 54.7 Å². The maximum absolute atomic E-state index is 15.2. The number of nitrogens with one attached hydrogen (secondary N) is 13. The molecule has 0 spiro atoms. The Labute approximate surface area is 643 Å². The topological polar surface area (TPSA) is 579 Å². The largest absolute Gasteiger partial charge is 0.508 e. The molecule has 110 heavy (non-hydrogen) atoms. The molecule has 0 saturated carbocycles. The van der Waals surface area contributed by atoms with Crippen molar-refractivity contribution in [1.29, 1.82) is 0 Å². The highest BCUT2D eigenvalue weighted by Gasteiger charge is 2.41.